The van der Waals surface area contributed by atoms with Gasteiger partial charge in [-0.1, -0.05) is 17.7 Å². The van der Waals surface area contributed by atoms with Crippen molar-refractivity contribution in [2.24, 2.45) is 0 Å². The van der Waals surface area contributed by atoms with Crippen LogP contribution >= 0.6 is 0 Å². The minimum atomic E-state index is -0.837. The SMILES string of the molecule is Cc1ccc([S@@](C)=O)cc1.[C-]#[O+].[C-]#[O+].[C-]#[O+].[Cr]. The Morgan fingerprint density at radius 2 is 1.24 bits per heavy atom. The molecule has 0 heterocycles. The van der Waals surface area contributed by atoms with E-state index in [1.807, 2.05) is 31.2 Å². The fraction of sp³-hybridized carbons (Fsp3) is 0.182. The van der Waals surface area contributed by atoms with E-state index in [4.69, 9.17) is 14.0 Å². The summed E-state index contributed by atoms with van der Waals surface area (Å²) >= 11 is 0. The van der Waals surface area contributed by atoms with E-state index in [1.165, 1.54) is 5.56 Å². The van der Waals surface area contributed by atoms with Gasteiger partial charge in [0.05, 0.1) is 0 Å². The van der Waals surface area contributed by atoms with Gasteiger partial charge in [0.15, 0.2) is 0 Å². The van der Waals surface area contributed by atoms with Gasteiger partial charge < -0.3 is 0 Å². The monoisotopic (exact) mass is 290 g/mol. The summed E-state index contributed by atoms with van der Waals surface area (Å²) in [5, 5.41) is 0. The standard InChI is InChI=1S/C8H10OS.3CO.Cr/c1-7-3-5-8(6-4-7)10(2)9;3*1-2;/h3-6H,1-2H3;;;;/t10-;;;;/m1..../s1. The van der Waals surface area contributed by atoms with Gasteiger partial charge in [-0.3, -0.25) is 4.21 Å². The fourth-order valence-electron chi connectivity index (χ4n) is 0.730. The molecule has 1 atom stereocenters. The van der Waals surface area contributed by atoms with E-state index in [0.29, 0.717) is 0 Å². The molecule has 0 radical (unpaired) electrons. The number of hydrogen-bond donors (Lipinski definition) is 0. The van der Waals surface area contributed by atoms with Gasteiger partial charge in [0.25, 0.3) is 0 Å². The Bertz CT molecular complexity index is 340. The molecule has 0 saturated heterocycles. The van der Waals surface area contributed by atoms with Gasteiger partial charge in [-0.15, -0.1) is 0 Å². The predicted molar refractivity (Wildman–Crippen MR) is 55.3 cm³/mol. The molecule has 0 fully saturated rings. The van der Waals surface area contributed by atoms with Crippen molar-refractivity contribution in [2.75, 3.05) is 6.26 Å². The van der Waals surface area contributed by atoms with Crippen LogP contribution in [0.25, 0.3) is 0 Å². The Morgan fingerprint density at radius 1 is 0.941 bits per heavy atom. The molecule has 0 aromatic heterocycles. The summed E-state index contributed by atoms with van der Waals surface area (Å²) in [5.74, 6) is 0. The Kier molecular flexibility index (Phi) is 30.3. The van der Waals surface area contributed by atoms with Crippen LogP contribution in [0.1, 0.15) is 5.56 Å². The number of benzene rings is 1. The molecule has 0 aliphatic heterocycles. The van der Waals surface area contributed by atoms with Crippen molar-refractivity contribution in [1.29, 1.82) is 0 Å². The van der Waals surface area contributed by atoms with Crippen molar-refractivity contribution in [3.05, 3.63) is 49.8 Å². The van der Waals surface area contributed by atoms with Crippen LogP contribution in [0.15, 0.2) is 29.2 Å². The molecule has 0 aliphatic carbocycles. The van der Waals surface area contributed by atoms with Gasteiger partial charge in [0.2, 0.25) is 0 Å². The maximum atomic E-state index is 10.9. The van der Waals surface area contributed by atoms with Crippen LogP contribution in [0.4, 0.5) is 0 Å². The van der Waals surface area contributed by atoms with Crippen LogP contribution in [0.5, 0.6) is 0 Å². The summed E-state index contributed by atoms with van der Waals surface area (Å²) in [6.45, 7) is 15.5. The van der Waals surface area contributed by atoms with E-state index in [1.54, 1.807) is 6.26 Å². The van der Waals surface area contributed by atoms with Crippen LogP contribution in [0, 0.1) is 26.9 Å². The normalized spacial score (nSPS) is 8.00. The van der Waals surface area contributed by atoms with Crippen molar-refractivity contribution < 1.29 is 35.5 Å². The van der Waals surface area contributed by atoms with E-state index >= 15 is 0 Å². The van der Waals surface area contributed by atoms with E-state index in [-0.39, 0.29) is 17.4 Å². The van der Waals surface area contributed by atoms with E-state index in [9.17, 15) is 4.21 Å². The van der Waals surface area contributed by atoms with Gasteiger partial charge in [-0.05, 0) is 19.1 Å². The molecule has 0 spiro atoms. The maximum Gasteiger partial charge on any atom is 0 e. The van der Waals surface area contributed by atoms with Crippen LogP contribution in [0.2, 0.25) is 0 Å². The Hall–Kier alpha value is -0.878. The molecule has 1 aromatic rings. The summed E-state index contributed by atoms with van der Waals surface area (Å²) in [4.78, 5) is 0.894. The predicted octanol–water partition coefficient (Wildman–Crippen LogP) is 1.62. The zero-order chi connectivity index (χ0) is 13.6. The quantitative estimate of drug-likeness (QED) is 0.572. The third-order valence-electron chi connectivity index (χ3n) is 1.35. The maximum absolute atomic E-state index is 10.9. The van der Waals surface area contributed by atoms with Gasteiger partial charge in [-0.2, -0.15) is 0 Å². The van der Waals surface area contributed by atoms with Crippen LogP contribution in [-0.2, 0) is 42.1 Å². The molecule has 0 bridgehead atoms. The van der Waals surface area contributed by atoms with Crippen LogP contribution in [0.3, 0.4) is 0 Å². The van der Waals surface area contributed by atoms with Crippen molar-refractivity contribution in [2.45, 2.75) is 11.8 Å². The first kappa shape index (κ1) is 25.1. The van der Waals surface area contributed by atoms with Gasteiger partial charge >= 0.3 is 33.9 Å². The van der Waals surface area contributed by atoms with Crippen molar-refractivity contribution in [3.8, 4) is 0 Å². The molecule has 17 heavy (non-hydrogen) atoms. The zero-order valence-electron chi connectivity index (χ0n) is 9.26. The third kappa shape index (κ3) is 15.1. The average Bonchev–Trinajstić information content (AvgIpc) is 2.37. The molecule has 90 valence electrons. The minimum Gasteiger partial charge on any atom is 0 e. The summed E-state index contributed by atoms with van der Waals surface area (Å²) < 4.78 is 33.4. The summed E-state index contributed by atoms with van der Waals surface area (Å²) in [6.07, 6.45) is 1.69. The minimum absolute atomic E-state index is 0. The molecule has 1 aromatic carbocycles. The van der Waals surface area contributed by atoms with Gasteiger partial charge in [0.1, 0.15) is 0 Å². The summed E-state index contributed by atoms with van der Waals surface area (Å²) in [7, 11) is -0.837. The van der Waals surface area contributed by atoms with Crippen molar-refractivity contribution in [3.63, 3.8) is 0 Å². The van der Waals surface area contributed by atoms with Crippen LogP contribution < -0.4 is 0 Å². The average molecular weight is 290 g/mol. The first-order valence-corrected chi connectivity index (χ1v) is 5.27. The molecule has 0 amide bonds. The van der Waals surface area contributed by atoms with Crippen molar-refractivity contribution >= 4 is 10.8 Å². The molecule has 6 heteroatoms. The molecular formula is C11H10CrO4S. The number of rotatable bonds is 1. The topological polar surface area (TPSA) is 76.8 Å². The summed E-state index contributed by atoms with van der Waals surface area (Å²) in [5.41, 5.74) is 1.20. The van der Waals surface area contributed by atoms with E-state index < -0.39 is 10.8 Å². The first-order chi connectivity index (χ1) is 7.70. The molecular weight excluding hydrogens is 280 g/mol. The number of aryl methyl sites for hydroxylation is 1. The Morgan fingerprint density at radius 3 is 1.47 bits per heavy atom. The largest absolute Gasteiger partial charge is 0 e. The molecule has 0 aliphatic rings. The van der Waals surface area contributed by atoms with Crippen molar-refractivity contribution in [1.82, 2.24) is 0 Å². The molecule has 0 N–H and O–H groups in total. The Labute approximate surface area is 114 Å². The Balaban J connectivity index is -0.000000106. The molecule has 1 rings (SSSR count). The van der Waals surface area contributed by atoms with Gasteiger partial charge in [0, 0.05) is 39.3 Å². The van der Waals surface area contributed by atoms with Crippen LogP contribution in [-0.4, -0.2) is 10.5 Å². The second-order valence-corrected chi connectivity index (χ2v) is 3.65. The molecule has 4 nitrogen and oxygen atoms in total. The third-order valence-corrected chi connectivity index (χ3v) is 2.29. The molecule has 0 unspecified atom stereocenters. The van der Waals surface area contributed by atoms with Gasteiger partial charge in [-0.25, -0.2) is 0 Å². The summed E-state index contributed by atoms with van der Waals surface area (Å²) in [6, 6.07) is 7.73. The first-order valence-electron chi connectivity index (χ1n) is 3.71. The second kappa shape index (κ2) is 20.5. The van der Waals surface area contributed by atoms with E-state index in [0.717, 1.165) is 4.90 Å². The molecule has 0 saturated carbocycles. The van der Waals surface area contributed by atoms with E-state index in [2.05, 4.69) is 20.0 Å². The fourth-order valence-corrected chi connectivity index (χ4v) is 1.25. The zero-order valence-corrected chi connectivity index (χ0v) is 11.4. The smallest absolute Gasteiger partial charge is 0 e. The number of hydrogen-bond acceptors (Lipinski definition) is 1. The second-order valence-electron chi connectivity index (χ2n) is 2.27.